The zero-order chi connectivity index (χ0) is 11.4. The van der Waals surface area contributed by atoms with Gasteiger partial charge in [0, 0.05) is 0 Å². The minimum absolute atomic E-state index is 0.246. The zero-order valence-electron chi connectivity index (χ0n) is 9.42. The second kappa shape index (κ2) is 5.18. The molecule has 0 aromatic carbocycles. The molecule has 0 saturated heterocycles. The largest absolute Gasteiger partial charge is 0.250 e. The van der Waals surface area contributed by atoms with E-state index in [4.69, 9.17) is 16.9 Å². The van der Waals surface area contributed by atoms with Crippen LogP contribution in [0.3, 0.4) is 0 Å². The van der Waals surface area contributed by atoms with Gasteiger partial charge in [0.25, 0.3) is 0 Å². The highest BCUT2D eigenvalue weighted by Gasteiger charge is 2.17. The van der Waals surface area contributed by atoms with Gasteiger partial charge in [-0.2, -0.15) is 10.4 Å². The Hall–Kier alpha value is -1.01. The fraction of sp³-hybridized carbons (Fsp3) is 0.636. The van der Waals surface area contributed by atoms with Crippen molar-refractivity contribution in [2.45, 2.75) is 46.1 Å². The standard InChI is InChI=1S/C11H16ClN3/c1-4-6-10-9(7-13)11(12)15(14-10)8(3)5-2/h8H,4-6H2,1-3H3. The molecule has 1 unspecified atom stereocenters. The Morgan fingerprint density at radius 3 is 2.67 bits per heavy atom. The molecule has 4 heteroatoms. The lowest BCUT2D eigenvalue weighted by Gasteiger charge is -2.09. The highest BCUT2D eigenvalue weighted by molar-refractivity contribution is 6.30. The van der Waals surface area contributed by atoms with Crippen LogP contribution in [0.25, 0.3) is 0 Å². The minimum Gasteiger partial charge on any atom is -0.250 e. The van der Waals surface area contributed by atoms with Crippen molar-refractivity contribution in [3.8, 4) is 6.07 Å². The van der Waals surface area contributed by atoms with Gasteiger partial charge in [-0.3, -0.25) is 0 Å². The third-order valence-electron chi connectivity index (χ3n) is 2.53. The van der Waals surface area contributed by atoms with Gasteiger partial charge in [0.2, 0.25) is 0 Å². The zero-order valence-corrected chi connectivity index (χ0v) is 10.2. The monoisotopic (exact) mass is 225 g/mol. The number of hydrogen-bond acceptors (Lipinski definition) is 2. The van der Waals surface area contributed by atoms with Crippen molar-refractivity contribution < 1.29 is 0 Å². The molecule has 82 valence electrons. The number of aryl methyl sites for hydroxylation is 1. The van der Waals surface area contributed by atoms with E-state index in [2.05, 4.69) is 31.9 Å². The number of rotatable bonds is 4. The molecule has 1 aromatic rings. The number of nitriles is 1. The quantitative estimate of drug-likeness (QED) is 0.789. The van der Waals surface area contributed by atoms with Gasteiger partial charge in [0.15, 0.2) is 0 Å². The number of hydrogen-bond donors (Lipinski definition) is 0. The molecule has 0 amide bonds. The Kier molecular flexibility index (Phi) is 4.16. The number of aromatic nitrogens is 2. The fourth-order valence-corrected chi connectivity index (χ4v) is 1.80. The van der Waals surface area contributed by atoms with Gasteiger partial charge in [-0.1, -0.05) is 31.9 Å². The van der Waals surface area contributed by atoms with E-state index < -0.39 is 0 Å². The van der Waals surface area contributed by atoms with E-state index in [0.717, 1.165) is 25.0 Å². The van der Waals surface area contributed by atoms with E-state index in [1.807, 2.05) is 0 Å². The molecule has 1 atom stereocenters. The molecule has 15 heavy (non-hydrogen) atoms. The first-order chi connectivity index (χ1) is 7.15. The molecule has 0 N–H and O–H groups in total. The molecule has 0 aliphatic heterocycles. The Morgan fingerprint density at radius 2 is 2.20 bits per heavy atom. The summed E-state index contributed by atoms with van der Waals surface area (Å²) in [7, 11) is 0. The smallest absolute Gasteiger partial charge is 0.145 e. The van der Waals surface area contributed by atoms with E-state index in [1.54, 1.807) is 4.68 Å². The van der Waals surface area contributed by atoms with Gasteiger partial charge in [-0.25, -0.2) is 4.68 Å². The summed E-state index contributed by atoms with van der Waals surface area (Å²) in [5, 5.41) is 13.9. The summed E-state index contributed by atoms with van der Waals surface area (Å²) in [5.74, 6) is 0. The SMILES string of the molecule is CCCc1nn(C(C)CC)c(Cl)c1C#N. The van der Waals surface area contributed by atoms with Crippen LogP contribution in [0.15, 0.2) is 0 Å². The Morgan fingerprint density at radius 1 is 1.53 bits per heavy atom. The third-order valence-corrected chi connectivity index (χ3v) is 2.89. The van der Waals surface area contributed by atoms with E-state index in [1.165, 1.54) is 0 Å². The van der Waals surface area contributed by atoms with Crippen LogP contribution in [-0.4, -0.2) is 9.78 Å². The number of halogens is 1. The average molecular weight is 226 g/mol. The molecule has 1 aromatic heterocycles. The van der Waals surface area contributed by atoms with E-state index in [9.17, 15) is 0 Å². The lowest BCUT2D eigenvalue weighted by atomic mass is 10.2. The lowest BCUT2D eigenvalue weighted by Crippen LogP contribution is -2.06. The average Bonchev–Trinajstić information content (AvgIpc) is 2.55. The molecule has 0 spiro atoms. The summed E-state index contributed by atoms with van der Waals surface area (Å²) < 4.78 is 1.76. The Balaban J connectivity index is 3.16. The van der Waals surface area contributed by atoms with Crippen molar-refractivity contribution in [1.29, 1.82) is 5.26 Å². The highest BCUT2D eigenvalue weighted by atomic mass is 35.5. The van der Waals surface area contributed by atoms with E-state index in [0.29, 0.717) is 10.7 Å². The second-order valence-corrected chi connectivity index (χ2v) is 4.03. The molecule has 0 bridgehead atoms. The van der Waals surface area contributed by atoms with Crippen LogP contribution in [0, 0.1) is 11.3 Å². The summed E-state index contributed by atoms with van der Waals surface area (Å²) >= 11 is 6.12. The molecule has 0 saturated carbocycles. The Bertz CT molecular complexity index is 376. The van der Waals surface area contributed by atoms with Crippen molar-refractivity contribution in [1.82, 2.24) is 9.78 Å². The first-order valence-electron chi connectivity index (χ1n) is 5.32. The summed E-state index contributed by atoms with van der Waals surface area (Å²) in [6.45, 7) is 6.20. The fourth-order valence-electron chi connectivity index (χ4n) is 1.45. The van der Waals surface area contributed by atoms with Crippen LogP contribution in [0.1, 0.15) is 50.9 Å². The van der Waals surface area contributed by atoms with Gasteiger partial charge >= 0.3 is 0 Å². The van der Waals surface area contributed by atoms with Crippen LogP contribution in [0.5, 0.6) is 0 Å². The van der Waals surface area contributed by atoms with Gasteiger partial charge in [-0.15, -0.1) is 0 Å². The molecular formula is C11H16ClN3. The van der Waals surface area contributed by atoms with E-state index >= 15 is 0 Å². The minimum atomic E-state index is 0.246. The van der Waals surface area contributed by atoms with Crippen LogP contribution in [0.2, 0.25) is 5.15 Å². The van der Waals surface area contributed by atoms with Crippen molar-refractivity contribution in [3.63, 3.8) is 0 Å². The highest BCUT2D eigenvalue weighted by Crippen LogP contribution is 2.24. The molecular weight excluding hydrogens is 210 g/mol. The molecule has 1 heterocycles. The van der Waals surface area contributed by atoms with Crippen LogP contribution < -0.4 is 0 Å². The predicted molar refractivity (Wildman–Crippen MR) is 60.9 cm³/mol. The molecule has 1 rings (SSSR count). The molecule has 3 nitrogen and oxygen atoms in total. The molecule has 0 fully saturated rings. The third kappa shape index (κ3) is 2.32. The summed E-state index contributed by atoms with van der Waals surface area (Å²) in [6.07, 6.45) is 2.74. The molecule has 0 aliphatic carbocycles. The van der Waals surface area contributed by atoms with Crippen LogP contribution >= 0.6 is 11.6 Å². The van der Waals surface area contributed by atoms with Crippen LogP contribution in [-0.2, 0) is 6.42 Å². The first-order valence-corrected chi connectivity index (χ1v) is 5.70. The predicted octanol–water partition coefficient (Wildman–Crippen LogP) is 3.33. The van der Waals surface area contributed by atoms with Crippen molar-refractivity contribution >= 4 is 11.6 Å². The van der Waals surface area contributed by atoms with Gasteiger partial charge < -0.3 is 0 Å². The van der Waals surface area contributed by atoms with Crippen molar-refractivity contribution in [3.05, 3.63) is 16.4 Å². The molecule has 0 aliphatic rings. The summed E-state index contributed by atoms with van der Waals surface area (Å²) in [5.41, 5.74) is 1.36. The van der Waals surface area contributed by atoms with Crippen molar-refractivity contribution in [2.75, 3.05) is 0 Å². The topological polar surface area (TPSA) is 41.6 Å². The summed E-state index contributed by atoms with van der Waals surface area (Å²) in [4.78, 5) is 0. The maximum atomic E-state index is 9.01. The van der Waals surface area contributed by atoms with Crippen LogP contribution in [0.4, 0.5) is 0 Å². The maximum absolute atomic E-state index is 9.01. The van der Waals surface area contributed by atoms with Crippen molar-refractivity contribution in [2.24, 2.45) is 0 Å². The molecule has 0 radical (unpaired) electrons. The maximum Gasteiger partial charge on any atom is 0.145 e. The second-order valence-electron chi connectivity index (χ2n) is 3.68. The Labute approximate surface area is 95.7 Å². The van der Waals surface area contributed by atoms with Gasteiger partial charge in [0.1, 0.15) is 16.8 Å². The van der Waals surface area contributed by atoms with Gasteiger partial charge in [-0.05, 0) is 19.8 Å². The summed E-state index contributed by atoms with van der Waals surface area (Å²) in [6, 6.07) is 2.38. The van der Waals surface area contributed by atoms with E-state index in [-0.39, 0.29) is 6.04 Å². The normalized spacial score (nSPS) is 12.5. The van der Waals surface area contributed by atoms with Gasteiger partial charge in [0.05, 0.1) is 11.7 Å². The number of nitrogens with zero attached hydrogens (tertiary/aromatic N) is 3. The lowest BCUT2D eigenvalue weighted by molar-refractivity contribution is 0.474. The first kappa shape index (κ1) is 12.1.